The fourth-order valence-electron chi connectivity index (χ4n) is 5.58. The summed E-state index contributed by atoms with van der Waals surface area (Å²) in [4.78, 5) is 30.6. The molecule has 0 bridgehead atoms. The number of amides is 2. The van der Waals surface area contributed by atoms with Crippen LogP contribution in [-0.2, 0) is 9.59 Å². The summed E-state index contributed by atoms with van der Waals surface area (Å²) >= 11 is 0. The van der Waals surface area contributed by atoms with Crippen molar-refractivity contribution in [2.75, 3.05) is 39.3 Å². The van der Waals surface area contributed by atoms with Gasteiger partial charge in [0.25, 0.3) is 0 Å². The lowest BCUT2D eigenvalue weighted by Crippen LogP contribution is -2.53. The number of rotatable bonds is 3. The molecule has 3 heterocycles. The first-order valence-corrected chi connectivity index (χ1v) is 10.6. The molecule has 2 amide bonds. The molecule has 3 aliphatic heterocycles. The summed E-state index contributed by atoms with van der Waals surface area (Å²) < 4.78 is 0. The van der Waals surface area contributed by atoms with Crippen LogP contribution in [0.2, 0.25) is 0 Å². The van der Waals surface area contributed by atoms with E-state index in [0.29, 0.717) is 36.6 Å². The Bertz CT molecular complexity index is 509. The Morgan fingerprint density at radius 1 is 0.885 bits per heavy atom. The van der Waals surface area contributed by atoms with Crippen LogP contribution in [0.4, 0.5) is 0 Å². The summed E-state index contributed by atoms with van der Waals surface area (Å²) in [7, 11) is 0. The number of likely N-dealkylation sites (tertiary alicyclic amines) is 2. The number of carbonyl (C=O) groups excluding carboxylic acids is 2. The lowest BCUT2D eigenvalue weighted by atomic mass is 9.79. The Hall–Kier alpha value is -1.10. The second-order valence-electron chi connectivity index (χ2n) is 9.78. The maximum atomic E-state index is 13.5. The molecule has 148 valence electrons. The van der Waals surface area contributed by atoms with E-state index in [0.717, 1.165) is 39.1 Å². The topological polar surface area (TPSA) is 52.7 Å². The number of hydrogen-bond acceptors (Lipinski definition) is 3. The second-order valence-corrected chi connectivity index (χ2v) is 9.78. The van der Waals surface area contributed by atoms with Crippen LogP contribution in [-0.4, -0.2) is 60.9 Å². The summed E-state index contributed by atoms with van der Waals surface area (Å²) in [5.74, 6) is 2.60. The van der Waals surface area contributed by atoms with Gasteiger partial charge in [-0.25, -0.2) is 0 Å². The van der Waals surface area contributed by atoms with Crippen molar-refractivity contribution in [1.82, 2.24) is 15.1 Å². The number of nitrogens with zero attached hydrogens (tertiary/aromatic N) is 2. The molecule has 5 unspecified atom stereocenters. The largest absolute Gasteiger partial charge is 0.342 e. The number of carbonyl (C=O) groups is 2. The fourth-order valence-corrected chi connectivity index (χ4v) is 5.58. The lowest BCUT2D eigenvalue weighted by molar-refractivity contribution is -0.150. The molecule has 3 aliphatic rings. The van der Waals surface area contributed by atoms with Crippen LogP contribution in [0.5, 0.6) is 0 Å². The Kier molecular flexibility index (Phi) is 5.95. The minimum atomic E-state index is -0.530. The molecule has 0 saturated carbocycles. The van der Waals surface area contributed by atoms with E-state index in [9.17, 15) is 9.59 Å². The van der Waals surface area contributed by atoms with Crippen molar-refractivity contribution in [1.29, 1.82) is 0 Å². The summed E-state index contributed by atoms with van der Waals surface area (Å²) in [5, 5.41) is 3.36. The Morgan fingerprint density at radius 2 is 1.38 bits per heavy atom. The zero-order valence-corrected chi connectivity index (χ0v) is 17.1. The predicted octanol–water partition coefficient (Wildman–Crippen LogP) is 2.37. The quantitative estimate of drug-likeness (QED) is 0.837. The molecule has 0 radical (unpaired) electrons. The SMILES string of the molecule is CC1CC(C)CN(C(=O)CC2(C(=O)N3CC(C)CC(C)C3)CCNC2)C1. The molecule has 3 rings (SSSR count). The summed E-state index contributed by atoms with van der Waals surface area (Å²) in [6.45, 7) is 13.8. The van der Waals surface area contributed by atoms with Gasteiger partial charge in [-0.05, 0) is 49.5 Å². The molecule has 0 aromatic carbocycles. The monoisotopic (exact) mass is 363 g/mol. The van der Waals surface area contributed by atoms with E-state index in [1.54, 1.807) is 0 Å². The Morgan fingerprint density at radius 3 is 1.85 bits per heavy atom. The van der Waals surface area contributed by atoms with Gasteiger partial charge in [0.1, 0.15) is 0 Å². The normalized spacial score (nSPS) is 38.5. The molecule has 3 saturated heterocycles. The van der Waals surface area contributed by atoms with E-state index in [2.05, 4.69) is 37.9 Å². The van der Waals surface area contributed by atoms with Gasteiger partial charge in [0.15, 0.2) is 0 Å². The first kappa shape index (κ1) is 19.7. The molecule has 0 spiro atoms. The Balaban J connectivity index is 1.71. The van der Waals surface area contributed by atoms with Crippen molar-refractivity contribution in [3.05, 3.63) is 0 Å². The number of hydrogen-bond donors (Lipinski definition) is 1. The van der Waals surface area contributed by atoms with Crippen molar-refractivity contribution < 1.29 is 9.59 Å². The maximum Gasteiger partial charge on any atom is 0.230 e. The molecule has 5 heteroatoms. The average molecular weight is 364 g/mol. The van der Waals surface area contributed by atoms with E-state index < -0.39 is 5.41 Å². The Labute approximate surface area is 158 Å². The van der Waals surface area contributed by atoms with Crippen LogP contribution in [0.3, 0.4) is 0 Å². The first-order chi connectivity index (χ1) is 12.3. The van der Waals surface area contributed by atoms with Crippen LogP contribution in [0.15, 0.2) is 0 Å². The van der Waals surface area contributed by atoms with Crippen molar-refractivity contribution in [3.63, 3.8) is 0 Å². The molecule has 3 fully saturated rings. The highest BCUT2D eigenvalue weighted by atomic mass is 16.2. The standard InChI is InChI=1S/C21H37N3O2/c1-15-7-16(2)11-23(10-15)19(25)9-21(5-6-22-14-21)20(26)24-12-17(3)8-18(4)13-24/h15-18,22H,5-14H2,1-4H3. The van der Waals surface area contributed by atoms with Crippen molar-refractivity contribution >= 4 is 11.8 Å². The van der Waals surface area contributed by atoms with Gasteiger partial charge in [0.2, 0.25) is 11.8 Å². The second kappa shape index (κ2) is 7.87. The third kappa shape index (κ3) is 4.24. The summed E-state index contributed by atoms with van der Waals surface area (Å²) in [6.07, 6.45) is 3.55. The van der Waals surface area contributed by atoms with E-state index >= 15 is 0 Å². The number of piperidine rings is 2. The molecule has 5 atom stereocenters. The van der Waals surface area contributed by atoms with E-state index in [1.807, 2.05) is 4.90 Å². The van der Waals surface area contributed by atoms with Crippen LogP contribution >= 0.6 is 0 Å². The molecule has 1 N–H and O–H groups in total. The molecule has 5 nitrogen and oxygen atoms in total. The van der Waals surface area contributed by atoms with E-state index in [1.165, 1.54) is 12.8 Å². The molecular formula is C21H37N3O2. The van der Waals surface area contributed by atoms with Gasteiger partial charge in [-0.15, -0.1) is 0 Å². The van der Waals surface area contributed by atoms with Gasteiger partial charge >= 0.3 is 0 Å². The van der Waals surface area contributed by atoms with Crippen molar-refractivity contribution in [2.24, 2.45) is 29.1 Å². The van der Waals surface area contributed by atoms with Crippen LogP contribution in [0.25, 0.3) is 0 Å². The predicted molar refractivity (Wildman–Crippen MR) is 104 cm³/mol. The smallest absolute Gasteiger partial charge is 0.230 e. The van der Waals surface area contributed by atoms with Gasteiger partial charge in [0, 0.05) is 39.1 Å². The molecule has 26 heavy (non-hydrogen) atoms. The van der Waals surface area contributed by atoms with Crippen molar-refractivity contribution in [2.45, 2.75) is 53.4 Å². The first-order valence-electron chi connectivity index (χ1n) is 10.6. The third-order valence-electron chi connectivity index (χ3n) is 6.56. The van der Waals surface area contributed by atoms with Gasteiger partial charge in [0.05, 0.1) is 5.41 Å². The highest BCUT2D eigenvalue weighted by Gasteiger charge is 2.47. The van der Waals surface area contributed by atoms with Crippen LogP contribution in [0.1, 0.15) is 53.4 Å². The van der Waals surface area contributed by atoms with Crippen LogP contribution < -0.4 is 5.32 Å². The zero-order chi connectivity index (χ0) is 18.9. The summed E-state index contributed by atoms with van der Waals surface area (Å²) in [6, 6.07) is 0. The van der Waals surface area contributed by atoms with Crippen LogP contribution in [0, 0.1) is 29.1 Å². The molecule has 0 aromatic rings. The highest BCUT2D eigenvalue weighted by Crippen LogP contribution is 2.36. The minimum absolute atomic E-state index is 0.179. The van der Waals surface area contributed by atoms with Gasteiger partial charge < -0.3 is 15.1 Å². The fraction of sp³-hybridized carbons (Fsp3) is 0.905. The highest BCUT2D eigenvalue weighted by molar-refractivity contribution is 5.89. The molecular weight excluding hydrogens is 326 g/mol. The van der Waals surface area contributed by atoms with E-state index in [4.69, 9.17) is 0 Å². The summed E-state index contributed by atoms with van der Waals surface area (Å²) in [5.41, 5.74) is -0.530. The zero-order valence-electron chi connectivity index (χ0n) is 17.1. The molecule has 0 aromatic heterocycles. The average Bonchev–Trinajstić information content (AvgIpc) is 3.02. The van der Waals surface area contributed by atoms with Crippen molar-refractivity contribution in [3.8, 4) is 0 Å². The molecule has 0 aliphatic carbocycles. The van der Waals surface area contributed by atoms with Gasteiger partial charge in [-0.1, -0.05) is 27.7 Å². The van der Waals surface area contributed by atoms with E-state index in [-0.39, 0.29) is 11.8 Å². The maximum absolute atomic E-state index is 13.5. The number of nitrogens with one attached hydrogen (secondary N) is 1. The van der Waals surface area contributed by atoms with Gasteiger partial charge in [-0.3, -0.25) is 9.59 Å². The third-order valence-corrected chi connectivity index (χ3v) is 6.56. The van der Waals surface area contributed by atoms with Gasteiger partial charge in [-0.2, -0.15) is 0 Å². The minimum Gasteiger partial charge on any atom is -0.342 e. The lowest BCUT2D eigenvalue weighted by Gasteiger charge is -2.41.